The van der Waals surface area contributed by atoms with E-state index >= 15 is 0 Å². The molecule has 1 aliphatic carbocycles. The summed E-state index contributed by atoms with van der Waals surface area (Å²) < 4.78 is 8.83. The second-order valence-corrected chi connectivity index (χ2v) is 5.72. The van der Waals surface area contributed by atoms with Crippen LogP contribution in [-0.4, -0.2) is 16.2 Å². The molecule has 1 saturated carbocycles. The standard InChI is InChI=1S/C15H20N2OS/c1-2-9-18-13-8-4-7-12-14(13)16-15(19)17(12)10-11-5-3-6-11/h4,7-8,11H,2-3,5-6,9-10H2,1H3,(H,16,19). The van der Waals surface area contributed by atoms with Gasteiger partial charge in [0.05, 0.1) is 12.1 Å². The van der Waals surface area contributed by atoms with E-state index < -0.39 is 0 Å². The summed E-state index contributed by atoms with van der Waals surface area (Å²) in [6.45, 7) is 3.90. The lowest BCUT2D eigenvalue weighted by atomic mass is 9.85. The lowest BCUT2D eigenvalue weighted by molar-refractivity contribution is 0.278. The molecule has 0 aliphatic heterocycles. The Hall–Kier alpha value is -1.29. The minimum absolute atomic E-state index is 0.744. The molecule has 0 radical (unpaired) electrons. The van der Waals surface area contributed by atoms with E-state index in [9.17, 15) is 0 Å². The minimum Gasteiger partial charge on any atom is -0.491 e. The number of ether oxygens (including phenoxy) is 1. The Morgan fingerprint density at radius 3 is 2.95 bits per heavy atom. The van der Waals surface area contributed by atoms with Gasteiger partial charge in [-0.05, 0) is 49.5 Å². The molecular formula is C15H20N2OS. The van der Waals surface area contributed by atoms with Crippen molar-refractivity contribution in [2.45, 2.75) is 39.2 Å². The van der Waals surface area contributed by atoms with Crippen molar-refractivity contribution in [1.82, 2.24) is 9.55 Å². The first kappa shape index (κ1) is 12.7. The Balaban J connectivity index is 1.98. The van der Waals surface area contributed by atoms with E-state index in [0.29, 0.717) is 0 Å². The summed E-state index contributed by atoms with van der Waals surface area (Å²) in [7, 11) is 0. The second kappa shape index (κ2) is 5.37. The Bertz CT molecular complexity index is 625. The maximum Gasteiger partial charge on any atom is 0.178 e. The lowest BCUT2D eigenvalue weighted by Gasteiger charge is -2.25. The minimum atomic E-state index is 0.744. The van der Waals surface area contributed by atoms with E-state index in [-0.39, 0.29) is 0 Å². The van der Waals surface area contributed by atoms with Gasteiger partial charge in [-0.1, -0.05) is 19.4 Å². The molecule has 1 heterocycles. The molecule has 1 N–H and O–H groups in total. The molecule has 1 fully saturated rings. The van der Waals surface area contributed by atoms with Gasteiger partial charge in [0, 0.05) is 6.54 Å². The van der Waals surface area contributed by atoms with Gasteiger partial charge in [-0.15, -0.1) is 0 Å². The molecule has 0 bridgehead atoms. The number of nitrogens with one attached hydrogen (secondary N) is 1. The molecule has 2 aromatic rings. The Labute approximate surface area is 118 Å². The highest BCUT2D eigenvalue weighted by Gasteiger charge is 2.19. The fraction of sp³-hybridized carbons (Fsp3) is 0.533. The number of para-hydroxylation sites is 1. The summed E-state index contributed by atoms with van der Waals surface area (Å²) in [4.78, 5) is 3.31. The van der Waals surface area contributed by atoms with E-state index in [1.807, 2.05) is 12.1 Å². The number of hydrogen-bond acceptors (Lipinski definition) is 2. The zero-order valence-corrected chi connectivity index (χ0v) is 12.1. The van der Waals surface area contributed by atoms with E-state index in [1.54, 1.807) is 0 Å². The van der Waals surface area contributed by atoms with Gasteiger partial charge in [-0.25, -0.2) is 0 Å². The highest BCUT2D eigenvalue weighted by Crippen LogP contribution is 2.31. The van der Waals surface area contributed by atoms with Crippen LogP contribution in [0, 0.1) is 10.7 Å². The molecular weight excluding hydrogens is 256 g/mol. The highest BCUT2D eigenvalue weighted by molar-refractivity contribution is 7.71. The van der Waals surface area contributed by atoms with Crippen molar-refractivity contribution in [3.63, 3.8) is 0 Å². The van der Waals surface area contributed by atoms with Crippen molar-refractivity contribution < 1.29 is 4.74 Å². The van der Waals surface area contributed by atoms with Crippen LogP contribution in [0.3, 0.4) is 0 Å². The quantitative estimate of drug-likeness (QED) is 0.826. The third kappa shape index (κ3) is 2.41. The molecule has 1 aromatic heterocycles. The van der Waals surface area contributed by atoms with Crippen LogP contribution < -0.4 is 4.74 Å². The van der Waals surface area contributed by atoms with Crippen LogP contribution in [0.2, 0.25) is 0 Å². The van der Waals surface area contributed by atoms with Crippen LogP contribution in [0.15, 0.2) is 18.2 Å². The number of imidazole rings is 1. The number of aromatic amines is 1. The van der Waals surface area contributed by atoms with Crippen molar-refractivity contribution >= 4 is 23.3 Å². The lowest BCUT2D eigenvalue weighted by Crippen LogP contribution is -2.17. The van der Waals surface area contributed by atoms with Gasteiger partial charge in [-0.3, -0.25) is 0 Å². The van der Waals surface area contributed by atoms with Gasteiger partial charge >= 0.3 is 0 Å². The predicted octanol–water partition coefficient (Wildman–Crippen LogP) is 4.29. The number of rotatable bonds is 5. The number of fused-ring (bicyclic) bond motifs is 1. The number of hydrogen-bond donors (Lipinski definition) is 1. The summed E-state index contributed by atoms with van der Waals surface area (Å²) in [5, 5.41) is 0. The van der Waals surface area contributed by atoms with Gasteiger partial charge in [0.1, 0.15) is 11.3 Å². The number of H-pyrrole nitrogens is 1. The second-order valence-electron chi connectivity index (χ2n) is 5.34. The zero-order valence-electron chi connectivity index (χ0n) is 11.3. The summed E-state index contributed by atoms with van der Waals surface area (Å²) >= 11 is 5.47. The van der Waals surface area contributed by atoms with Gasteiger partial charge in [0.2, 0.25) is 0 Å². The van der Waals surface area contributed by atoms with Crippen LogP contribution in [-0.2, 0) is 6.54 Å². The summed E-state index contributed by atoms with van der Waals surface area (Å²) in [6.07, 6.45) is 5.05. The molecule has 4 heteroatoms. The number of benzene rings is 1. The van der Waals surface area contributed by atoms with Crippen molar-refractivity contribution in [2.75, 3.05) is 6.61 Å². The predicted molar refractivity (Wildman–Crippen MR) is 80.2 cm³/mol. The molecule has 0 saturated heterocycles. The Morgan fingerprint density at radius 1 is 1.42 bits per heavy atom. The largest absolute Gasteiger partial charge is 0.491 e. The first-order valence-corrected chi connectivity index (χ1v) is 7.54. The van der Waals surface area contributed by atoms with Crippen molar-refractivity contribution in [3.8, 4) is 5.75 Å². The van der Waals surface area contributed by atoms with Crippen molar-refractivity contribution in [1.29, 1.82) is 0 Å². The average molecular weight is 276 g/mol. The zero-order chi connectivity index (χ0) is 13.2. The molecule has 0 spiro atoms. The Kier molecular flexibility index (Phi) is 3.60. The molecule has 0 unspecified atom stereocenters. The summed E-state index contributed by atoms with van der Waals surface area (Å²) in [5.41, 5.74) is 2.21. The number of aromatic nitrogens is 2. The average Bonchev–Trinajstić information content (AvgIpc) is 2.68. The maximum atomic E-state index is 5.79. The summed E-state index contributed by atoms with van der Waals surface area (Å²) in [6, 6.07) is 6.18. The van der Waals surface area contributed by atoms with E-state index in [0.717, 1.165) is 41.5 Å². The smallest absolute Gasteiger partial charge is 0.178 e. The van der Waals surface area contributed by atoms with Crippen molar-refractivity contribution in [2.24, 2.45) is 5.92 Å². The van der Waals surface area contributed by atoms with Gasteiger partial charge < -0.3 is 14.3 Å². The first-order valence-electron chi connectivity index (χ1n) is 7.14. The normalized spacial score (nSPS) is 15.6. The maximum absolute atomic E-state index is 5.79. The molecule has 0 atom stereocenters. The van der Waals surface area contributed by atoms with Crippen LogP contribution in [0.5, 0.6) is 5.75 Å². The molecule has 3 nitrogen and oxygen atoms in total. The van der Waals surface area contributed by atoms with Gasteiger partial charge in [0.25, 0.3) is 0 Å². The molecule has 19 heavy (non-hydrogen) atoms. The fourth-order valence-electron chi connectivity index (χ4n) is 2.60. The number of nitrogens with zero attached hydrogens (tertiary/aromatic N) is 1. The third-order valence-electron chi connectivity index (χ3n) is 3.90. The van der Waals surface area contributed by atoms with Gasteiger partial charge in [0.15, 0.2) is 4.77 Å². The first-order chi connectivity index (χ1) is 9.29. The monoisotopic (exact) mass is 276 g/mol. The molecule has 0 amide bonds. The van der Waals surface area contributed by atoms with Crippen LogP contribution in [0.1, 0.15) is 32.6 Å². The fourth-order valence-corrected chi connectivity index (χ4v) is 2.88. The topological polar surface area (TPSA) is 29.9 Å². The van der Waals surface area contributed by atoms with Crippen molar-refractivity contribution in [3.05, 3.63) is 23.0 Å². The SMILES string of the molecule is CCCOc1cccc2c1[nH]c(=S)n2CC1CCC1. The molecule has 102 valence electrons. The van der Waals surface area contributed by atoms with E-state index in [2.05, 4.69) is 22.5 Å². The summed E-state index contributed by atoms with van der Waals surface area (Å²) in [5.74, 6) is 1.71. The van der Waals surface area contributed by atoms with Crippen LogP contribution in [0.4, 0.5) is 0 Å². The Morgan fingerprint density at radius 2 is 2.26 bits per heavy atom. The van der Waals surface area contributed by atoms with Crippen LogP contribution >= 0.6 is 12.2 Å². The third-order valence-corrected chi connectivity index (χ3v) is 4.22. The van der Waals surface area contributed by atoms with E-state index in [4.69, 9.17) is 17.0 Å². The van der Waals surface area contributed by atoms with Gasteiger partial charge in [-0.2, -0.15) is 0 Å². The van der Waals surface area contributed by atoms with Crippen LogP contribution in [0.25, 0.3) is 11.0 Å². The molecule has 3 rings (SSSR count). The molecule has 1 aliphatic rings. The van der Waals surface area contributed by atoms with E-state index in [1.165, 1.54) is 24.8 Å². The highest BCUT2D eigenvalue weighted by atomic mass is 32.1. The molecule has 1 aromatic carbocycles.